The van der Waals surface area contributed by atoms with Crippen LogP contribution in [0, 0.1) is 5.82 Å². The lowest BCUT2D eigenvalue weighted by Crippen LogP contribution is -2.33. The van der Waals surface area contributed by atoms with Crippen LogP contribution in [0.5, 0.6) is 0 Å². The molecular weight excluding hydrogens is 353 g/mol. The van der Waals surface area contributed by atoms with Gasteiger partial charge in [0.1, 0.15) is 17.7 Å². The lowest BCUT2D eigenvalue weighted by Gasteiger charge is -2.31. The molecule has 1 fully saturated rings. The first-order chi connectivity index (χ1) is 12.4. The molecule has 0 aliphatic carbocycles. The minimum Gasteiger partial charge on any atom is -0.378 e. The molecule has 1 unspecified atom stereocenters. The molecular formula is C19H24FN3O2S. The van der Waals surface area contributed by atoms with Crippen LogP contribution in [-0.4, -0.2) is 56.0 Å². The normalized spacial score (nSPS) is 24.0. The monoisotopic (exact) mass is 377 g/mol. The van der Waals surface area contributed by atoms with Gasteiger partial charge < -0.3 is 4.90 Å². The number of aliphatic imine (C=N–C) groups is 2. The summed E-state index contributed by atoms with van der Waals surface area (Å²) in [6.07, 6.45) is 8.23. The summed E-state index contributed by atoms with van der Waals surface area (Å²) in [5, 5.41) is 0. The maximum Gasteiger partial charge on any atom is 0.156 e. The van der Waals surface area contributed by atoms with E-state index in [-0.39, 0.29) is 23.2 Å². The molecule has 7 heteroatoms. The number of likely N-dealkylation sites (tertiary alicyclic amines) is 1. The van der Waals surface area contributed by atoms with Crippen LogP contribution in [0.4, 0.5) is 4.39 Å². The van der Waals surface area contributed by atoms with E-state index < -0.39 is 15.4 Å². The fraction of sp³-hybridized carbons (Fsp3) is 0.474. The van der Waals surface area contributed by atoms with Crippen molar-refractivity contribution in [2.45, 2.75) is 31.2 Å². The maximum absolute atomic E-state index is 13.9. The number of hydrogen-bond acceptors (Lipinski definition) is 5. The third-order valence-electron chi connectivity index (χ3n) is 4.83. The molecule has 26 heavy (non-hydrogen) atoms. The molecule has 2 aliphatic rings. The Hall–Kier alpha value is -2.02. The van der Waals surface area contributed by atoms with Crippen molar-refractivity contribution < 1.29 is 12.8 Å². The average Bonchev–Trinajstić information content (AvgIpc) is 3.01. The van der Waals surface area contributed by atoms with Gasteiger partial charge in [-0.15, -0.1) is 0 Å². The van der Waals surface area contributed by atoms with Gasteiger partial charge in [-0.3, -0.25) is 4.99 Å². The van der Waals surface area contributed by atoms with Gasteiger partial charge in [0.25, 0.3) is 0 Å². The molecule has 0 N–H and O–H groups in total. The zero-order valence-corrected chi connectivity index (χ0v) is 15.7. The molecule has 2 aliphatic heterocycles. The second-order valence-electron chi connectivity index (χ2n) is 7.15. The lowest BCUT2D eigenvalue weighted by molar-refractivity contribution is 0.281. The molecule has 0 amide bonds. The number of piperidine rings is 1. The van der Waals surface area contributed by atoms with Crippen LogP contribution in [0.1, 0.15) is 31.2 Å². The number of rotatable bonds is 6. The van der Waals surface area contributed by atoms with Crippen LogP contribution in [0.2, 0.25) is 0 Å². The van der Waals surface area contributed by atoms with Gasteiger partial charge in [0, 0.05) is 19.3 Å². The molecule has 0 bridgehead atoms. The van der Waals surface area contributed by atoms with Gasteiger partial charge in [0.15, 0.2) is 9.84 Å². The summed E-state index contributed by atoms with van der Waals surface area (Å²) in [4.78, 5) is 10.1. The topological polar surface area (TPSA) is 62.1 Å². The highest BCUT2D eigenvalue weighted by Crippen LogP contribution is 2.29. The highest BCUT2D eigenvalue weighted by atomic mass is 32.2. The largest absolute Gasteiger partial charge is 0.378 e. The molecule has 0 aromatic heterocycles. The molecule has 0 radical (unpaired) electrons. The summed E-state index contributed by atoms with van der Waals surface area (Å²) < 4.78 is 38.4. The summed E-state index contributed by atoms with van der Waals surface area (Å²) in [6.45, 7) is 3.35. The van der Waals surface area contributed by atoms with Crippen LogP contribution in [-0.2, 0) is 9.84 Å². The number of hydrogen-bond donors (Lipinski definition) is 0. The zero-order valence-electron chi connectivity index (χ0n) is 14.9. The van der Waals surface area contributed by atoms with E-state index in [9.17, 15) is 12.8 Å². The van der Waals surface area contributed by atoms with Gasteiger partial charge in [0.05, 0.1) is 11.5 Å². The Balaban J connectivity index is 1.49. The van der Waals surface area contributed by atoms with E-state index in [1.807, 2.05) is 18.3 Å². The zero-order chi connectivity index (χ0) is 18.6. The second kappa shape index (κ2) is 7.70. The SMILES string of the molecule is CC1(CS(=O)(=O)CC=CN2CCC(c3ccccc3F)CC2)C=NC=N1. The van der Waals surface area contributed by atoms with Gasteiger partial charge >= 0.3 is 0 Å². The van der Waals surface area contributed by atoms with Crippen molar-refractivity contribution in [3.63, 3.8) is 0 Å². The van der Waals surface area contributed by atoms with Crippen molar-refractivity contribution >= 4 is 22.4 Å². The first-order valence-corrected chi connectivity index (χ1v) is 10.6. The Kier molecular flexibility index (Phi) is 5.55. The highest BCUT2D eigenvalue weighted by molar-refractivity contribution is 7.91. The summed E-state index contributed by atoms with van der Waals surface area (Å²) >= 11 is 0. The van der Waals surface area contributed by atoms with E-state index in [0.717, 1.165) is 31.5 Å². The van der Waals surface area contributed by atoms with Gasteiger partial charge in [0.2, 0.25) is 0 Å². The Morgan fingerprint density at radius 1 is 1.31 bits per heavy atom. The number of sulfone groups is 1. The van der Waals surface area contributed by atoms with Gasteiger partial charge in [-0.25, -0.2) is 17.8 Å². The maximum atomic E-state index is 13.9. The van der Waals surface area contributed by atoms with Crippen LogP contribution in [0.15, 0.2) is 46.5 Å². The van der Waals surface area contributed by atoms with Crippen molar-refractivity contribution in [1.82, 2.24) is 4.90 Å². The number of benzene rings is 1. The Morgan fingerprint density at radius 2 is 2.04 bits per heavy atom. The van der Waals surface area contributed by atoms with Crippen molar-refractivity contribution in [2.75, 3.05) is 24.6 Å². The van der Waals surface area contributed by atoms with Crippen LogP contribution < -0.4 is 0 Å². The molecule has 2 heterocycles. The molecule has 1 atom stereocenters. The number of nitrogens with zero attached hydrogens (tertiary/aromatic N) is 3. The standard InChI is InChI=1S/C19H24FN3O2S/c1-19(13-21-15-22-19)14-26(24,25)12-4-9-23-10-7-16(8-11-23)17-5-2-3-6-18(17)20/h2-6,9,13,15-16H,7-8,10-12,14H2,1H3. The molecule has 5 nitrogen and oxygen atoms in total. The van der Waals surface area contributed by atoms with Gasteiger partial charge in [-0.05, 0) is 43.5 Å². The van der Waals surface area contributed by atoms with Crippen molar-refractivity contribution in [1.29, 1.82) is 0 Å². The summed E-state index contributed by atoms with van der Waals surface area (Å²) in [7, 11) is -3.25. The quantitative estimate of drug-likeness (QED) is 0.766. The van der Waals surface area contributed by atoms with Gasteiger partial charge in [-0.1, -0.05) is 24.3 Å². The third-order valence-corrected chi connectivity index (χ3v) is 6.55. The Labute approximate surface area is 154 Å². The third kappa shape index (κ3) is 4.78. The highest BCUT2D eigenvalue weighted by Gasteiger charge is 2.29. The molecule has 0 saturated carbocycles. The average molecular weight is 377 g/mol. The second-order valence-corrected chi connectivity index (χ2v) is 9.26. The first-order valence-electron chi connectivity index (χ1n) is 8.80. The summed E-state index contributed by atoms with van der Waals surface area (Å²) in [5.41, 5.74) is 0.0378. The number of halogens is 1. The minimum atomic E-state index is -3.25. The van der Waals surface area contributed by atoms with E-state index in [2.05, 4.69) is 14.9 Å². The predicted octanol–water partition coefficient (Wildman–Crippen LogP) is 2.81. The van der Waals surface area contributed by atoms with Crippen molar-refractivity contribution in [3.05, 3.63) is 47.9 Å². The van der Waals surface area contributed by atoms with Crippen LogP contribution in [0.25, 0.3) is 0 Å². The molecule has 140 valence electrons. The molecule has 0 spiro atoms. The lowest BCUT2D eigenvalue weighted by atomic mass is 9.89. The van der Waals surface area contributed by atoms with E-state index in [0.29, 0.717) is 0 Å². The van der Waals surface area contributed by atoms with E-state index >= 15 is 0 Å². The van der Waals surface area contributed by atoms with Crippen molar-refractivity contribution in [3.8, 4) is 0 Å². The summed E-state index contributed by atoms with van der Waals surface area (Å²) in [6, 6.07) is 6.94. The summed E-state index contributed by atoms with van der Waals surface area (Å²) in [5.74, 6) is 0.0297. The Morgan fingerprint density at radius 3 is 2.69 bits per heavy atom. The molecule has 1 aromatic carbocycles. The van der Waals surface area contributed by atoms with Gasteiger partial charge in [-0.2, -0.15) is 0 Å². The first kappa shape index (κ1) is 18.8. The predicted molar refractivity (Wildman–Crippen MR) is 103 cm³/mol. The van der Waals surface area contributed by atoms with E-state index in [1.54, 1.807) is 25.3 Å². The fourth-order valence-corrected chi connectivity index (χ4v) is 5.01. The Bertz CT molecular complexity index is 813. The smallest absolute Gasteiger partial charge is 0.156 e. The van der Waals surface area contributed by atoms with Crippen molar-refractivity contribution in [2.24, 2.45) is 9.98 Å². The molecule has 1 saturated heterocycles. The van der Waals surface area contributed by atoms with E-state index in [4.69, 9.17) is 0 Å². The van der Waals surface area contributed by atoms with E-state index in [1.165, 1.54) is 12.4 Å². The van der Waals surface area contributed by atoms with Crippen LogP contribution >= 0.6 is 0 Å². The minimum absolute atomic E-state index is 0.0147. The van der Waals surface area contributed by atoms with Crippen LogP contribution in [0.3, 0.4) is 0 Å². The molecule has 1 aromatic rings. The molecule has 3 rings (SSSR count). The fourth-order valence-electron chi connectivity index (χ4n) is 3.48.